The van der Waals surface area contributed by atoms with E-state index in [1.54, 1.807) is 12.1 Å². The molecule has 2 rings (SSSR count). The second-order valence-corrected chi connectivity index (χ2v) is 4.19. The highest BCUT2D eigenvalue weighted by molar-refractivity contribution is 5.85. The van der Waals surface area contributed by atoms with Gasteiger partial charge in [-0.05, 0) is 25.0 Å². The van der Waals surface area contributed by atoms with E-state index in [2.05, 4.69) is 15.8 Å². The van der Waals surface area contributed by atoms with E-state index in [4.69, 9.17) is 0 Å². The van der Waals surface area contributed by atoms with Crippen LogP contribution in [0.2, 0.25) is 0 Å². The molecule has 0 fully saturated rings. The molecule has 1 aliphatic heterocycles. The fourth-order valence-electron chi connectivity index (χ4n) is 1.79. The molecule has 6 nitrogen and oxygen atoms in total. The summed E-state index contributed by atoms with van der Waals surface area (Å²) in [5.74, 6) is 0.950. The second-order valence-electron chi connectivity index (χ2n) is 4.19. The molecule has 0 radical (unpaired) electrons. The summed E-state index contributed by atoms with van der Waals surface area (Å²) in [7, 11) is 0. The standard InChI is InChI=1S/C12H16N4O2.ClH/c17-16(18)11-7-5-10(6-8-11)14-15-12-4-2-1-3-9-13-12;/h5-8,14H,1-4,9H2,(H,13,15);1H. The Labute approximate surface area is 117 Å². The highest BCUT2D eigenvalue weighted by Gasteiger charge is 2.05. The van der Waals surface area contributed by atoms with Crippen molar-refractivity contribution in [3.05, 3.63) is 34.4 Å². The van der Waals surface area contributed by atoms with Gasteiger partial charge in [-0.2, -0.15) is 0 Å². The van der Waals surface area contributed by atoms with Gasteiger partial charge in [0.2, 0.25) is 0 Å². The number of hydrogen-bond donors (Lipinski definition) is 2. The Balaban J connectivity index is 0.00000180. The molecular formula is C12H17ClN4O2. The normalized spacial score (nSPS) is 14.6. The molecule has 1 aromatic rings. The molecule has 0 amide bonds. The lowest BCUT2D eigenvalue weighted by Gasteiger charge is -2.10. The zero-order valence-electron chi connectivity index (χ0n) is 10.5. The molecule has 19 heavy (non-hydrogen) atoms. The fourth-order valence-corrected chi connectivity index (χ4v) is 1.79. The number of nitro benzene ring substituents is 1. The molecule has 0 saturated carbocycles. The van der Waals surface area contributed by atoms with Gasteiger partial charge in [0, 0.05) is 25.1 Å². The molecule has 0 bridgehead atoms. The van der Waals surface area contributed by atoms with Crippen LogP contribution >= 0.6 is 12.4 Å². The van der Waals surface area contributed by atoms with Crippen LogP contribution in [0.3, 0.4) is 0 Å². The third-order valence-corrected chi connectivity index (χ3v) is 2.80. The Kier molecular flexibility index (Phi) is 6.08. The molecule has 0 aliphatic carbocycles. The molecule has 2 N–H and O–H groups in total. The Hall–Kier alpha value is -1.82. The zero-order chi connectivity index (χ0) is 12.8. The molecule has 7 heteroatoms. The first-order chi connectivity index (χ1) is 8.75. The van der Waals surface area contributed by atoms with Crippen LogP contribution in [0, 0.1) is 10.1 Å². The number of nitrogens with zero attached hydrogens (tertiary/aromatic N) is 2. The van der Waals surface area contributed by atoms with Crippen molar-refractivity contribution in [3.8, 4) is 0 Å². The number of non-ortho nitro benzene ring substituents is 1. The number of benzene rings is 1. The maximum Gasteiger partial charge on any atom is 0.269 e. The Morgan fingerprint density at radius 3 is 2.53 bits per heavy atom. The predicted octanol–water partition coefficient (Wildman–Crippen LogP) is 2.91. The lowest BCUT2D eigenvalue weighted by atomic mass is 10.2. The van der Waals surface area contributed by atoms with E-state index in [0.29, 0.717) is 0 Å². The van der Waals surface area contributed by atoms with Crippen molar-refractivity contribution >= 4 is 29.6 Å². The molecule has 0 atom stereocenters. The van der Waals surface area contributed by atoms with Crippen LogP contribution < -0.4 is 10.9 Å². The summed E-state index contributed by atoms with van der Waals surface area (Å²) >= 11 is 0. The van der Waals surface area contributed by atoms with E-state index in [1.165, 1.54) is 18.6 Å². The van der Waals surface area contributed by atoms with Crippen LogP contribution in [0.15, 0.2) is 29.3 Å². The molecular weight excluding hydrogens is 268 g/mol. The molecule has 1 heterocycles. The SMILES string of the molecule is Cl.O=[N+]([O-])c1ccc(NNC2=NCCCCC2)cc1. The van der Waals surface area contributed by atoms with Crippen LogP contribution in [0.5, 0.6) is 0 Å². The van der Waals surface area contributed by atoms with Gasteiger partial charge in [-0.1, -0.05) is 6.42 Å². The van der Waals surface area contributed by atoms with Gasteiger partial charge in [-0.25, -0.2) is 0 Å². The van der Waals surface area contributed by atoms with E-state index < -0.39 is 4.92 Å². The lowest BCUT2D eigenvalue weighted by Crippen LogP contribution is -2.29. The van der Waals surface area contributed by atoms with E-state index >= 15 is 0 Å². The van der Waals surface area contributed by atoms with Crippen molar-refractivity contribution in [1.29, 1.82) is 0 Å². The number of aliphatic imine (C=N–C) groups is 1. The van der Waals surface area contributed by atoms with Crippen molar-refractivity contribution in [2.75, 3.05) is 12.0 Å². The Morgan fingerprint density at radius 2 is 1.84 bits per heavy atom. The summed E-state index contributed by atoms with van der Waals surface area (Å²) in [5, 5.41) is 10.5. The van der Waals surface area contributed by atoms with Crippen LogP contribution in [0.1, 0.15) is 25.7 Å². The van der Waals surface area contributed by atoms with Gasteiger partial charge in [-0.3, -0.25) is 26.0 Å². The minimum absolute atomic E-state index is 0. The van der Waals surface area contributed by atoms with Crippen molar-refractivity contribution in [2.24, 2.45) is 4.99 Å². The van der Waals surface area contributed by atoms with Crippen LogP contribution in [-0.2, 0) is 0 Å². The third kappa shape index (κ3) is 4.75. The largest absolute Gasteiger partial charge is 0.300 e. The number of hydrazine groups is 1. The number of rotatable bonds is 3. The van der Waals surface area contributed by atoms with Gasteiger partial charge in [0.05, 0.1) is 10.6 Å². The molecule has 0 unspecified atom stereocenters. The topological polar surface area (TPSA) is 79.6 Å². The number of halogens is 1. The molecule has 0 spiro atoms. The van der Waals surface area contributed by atoms with Gasteiger partial charge in [0.1, 0.15) is 5.84 Å². The minimum atomic E-state index is -0.410. The van der Waals surface area contributed by atoms with E-state index in [0.717, 1.165) is 37.3 Å². The summed E-state index contributed by atoms with van der Waals surface area (Å²) in [5.41, 5.74) is 6.94. The summed E-state index contributed by atoms with van der Waals surface area (Å²) in [6.07, 6.45) is 4.45. The molecule has 104 valence electrons. The van der Waals surface area contributed by atoms with Gasteiger partial charge in [-0.15, -0.1) is 12.4 Å². The number of anilines is 1. The number of hydrogen-bond acceptors (Lipinski definition) is 5. The highest BCUT2D eigenvalue weighted by Crippen LogP contribution is 2.14. The van der Waals surface area contributed by atoms with Crippen molar-refractivity contribution in [3.63, 3.8) is 0 Å². The monoisotopic (exact) mass is 284 g/mol. The van der Waals surface area contributed by atoms with Gasteiger partial charge in [0.25, 0.3) is 5.69 Å². The summed E-state index contributed by atoms with van der Waals surface area (Å²) in [6.45, 7) is 0.865. The Bertz CT molecular complexity index is 448. The zero-order valence-corrected chi connectivity index (χ0v) is 11.3. The van der Waals surface area contributed by atoms with Crippen LogP contribution in [0.25, 0.3) is 0 Å². The van der Waals surface area contributed by atoms with E-state index in [-0.39, 0.29) is 18.1 Å². The fraction of sp³-hybridized carbons (Fsp3) is 0.417. The van der Waals surface area contributed by atoms with Crippen molar-refractivity contribution in [2.45, 2.75) is 25.7 Å². The minimum Gasteiger partial charge on any atom is -0.300 e. The maximum atomic E-state index is 10.5. The first kappa shape index (κ1) is 15.2. The third-order valence-electron chi connectivity index (χ3n) is 2.80. The molecule has 0 aromatic heterocycles. The average molecular weight is 285 g/mol. The molecule has 0 saturated heterocycles. The van der Waals surface area contributed by atoms with Crippen LogP contribution in [0.4, 0.5) is 11.4 Å². The number of amidine groups is 1. The molecule has 1 aliphatic rings. The van der Waals surface area contributed by atoms with Gasteiger partial charge in [0.15, 0.2) is 0 Å². The molecule has 1 aromatic carbocycles. The number of nitrogens with one attached hydrogen (secondary N) is 2. The maximum absolute atomic E-state index is 10.5. The average Bonchev–Trinajstić information content (AvgIpc) is 2.65. The lowest BCUT2D eigenvalue weighted by molar-refractivity contribution is -0.384. The van der Waals surface area contributed by atoms with Gasteiger partial charge >= 0.3 is 0 Å². The van der Waals surface area contributed by atoms with Crippen molar-refractivity contribution < 1.29 is 4.92 Å². The first-order valence-corrected chi connectivity index (χ1v) is 6.05. The van der Waals surface area contributed by atoms with E-state index in [1.807, 2.05) is 0 Å². The summed E-state index contributed by atoms with van der Waals surface area (Å²) < 4.78 is 0. The van der Waals surface area contributed by atoms with E-state index in [9.17, 15) is 10.1 Å². The quantitative estimate of drug-likeness (QED) is 0.661. The Morgan fingerprint density at radius 1 is 1.11 bits per heavy atom. The smallest absolute Gasteiger partial charge is 0.269 e. The summed E-state index contributed by atoms with van der Waals surface area (Å²) in [6, 6.07) is 6.28. The summed E-state index contributed by atoms with van der Waals surface area (Å²) in [4.78, 5) is 14.5. The second kappa shape index (κ2) is 7.58. The van der Waals surface area contributed by atoms with Crippen LogP contribution in [-0.4, -0.2) is 17.3 Å². The highest BCUT2D eigenvalue weighted by atomic mass is 35.5. The number of nitro groups is 1. The van der Waals surface area contributed by atoms with Gasteiger partial charge < -0.3 is 0 Å². The van der Waals surface area contributed by atoms with Crippen molar-refractivity contribution in [1.82, 2.24) is 5.43 Å². The predicted molar refractivity (Wildman–Crippen MR) is 77.9 cm³/mol. The first-order valence-electron chi connectivity index (χ1n) is 6.05.